The number of hydrogen-bond acceptors (Lipinski definition) is 4. The molecule has 0 aliphatic carbocycles. The second-order valence-corrected chi connectivity index (χ2v) is 4.47. The molecule has 0 saturated carbocycles. The van der Waals surface area contributed by atoms with Crippen LogP contribution in [0.25, 0.3) is 0 Å². The number of rotatable bonds is 6. The number of hydrogen-bond donors (Lipinski definition) is 0. The van der Waals surface area contributed by atoms with E-state index in [0.717, 1.165) is 6.42 Å². The van der Waals surface area contributed by atoms with E-state index in [9.17, 15) is 9.59 Å². The fraction of sp³-hybridized carbons (Fsp3) is 0.467. The van der Waals surface area contributed by atoms with Gasteiger partial charge in [-0.25, -0.2) is 4.79 Å². The Kier molecular flexibility index (Phi) is 5.55. The highest BCUT2D eigenvalue weighted by Crippen LogP contribution is 2.20. The van der Waals surface area contributed by atoms with Crippen LogP contribution in [0.1, 0.15) is 44.5 Å². The lowest BCUT2D eigenvalue weighted by molar-refractivity contribution is -0.155. The van der Waals surface area contributed by atoms with Crippen LogP contribution >= 0.6 is 0 Å². The maximum atomic E-state index is 11.8. The van der Waals surface area contributed by atoms with Crippen LogP contribution < -0.4 is 4.74 Å². The van der Waals surface area contributed by atoms with E-state index in [1.807, 2.05) is 13.8 Å². The molecule has 0 bridgehead atoms. The largest absolute Gasteiger partial charge is 0.478 e. The lowest BCUT2D eigenvalue weighted by Gasteiger charge is -2.18. The van der Waals surface area contributed by atoms with Gasteiger partial charge in [-0.1, -0.05) is 19.1 Å². The molecule has 2 unspecified atom stereocenters. The minimum absolute atomic E-state index is 0.0990. The molecule has 1 aromatic rings. The van der Waals surface area contributed by atoms with Crippen molar-refractivity contribution in [2.45, 2.75) is 46.3 Å². The minimum Gasteiger partial charge on any atom is -0.478 e. The molecule has 0 amide bonds. The first kappa shape index (κ1) is 15.2. The average molecular weight is 264 g/mol. The van der Waals surface area contributed by atoms with Crippen LogP contribution in [0.2, 0.25) is 0 Å². The van der Waals surface area contributed by atoms with Crippen LogP contribution in [-0.2, 0) is 9.53 Å². The summed E-state index contributed by atoms with van der Waals surface area (Å²) in [6.07, 6.45) is -0.126. The number of ketones is 1. The minimum atomic E-state index is -0.741. The van der Waals surface area contributed by atoms with E-state index in [0.29, 0.717) is 11.3 Å². The van der Waals surface area contributed by atoms with Gasteiger partial charge in [-0.3, -0.25) is 4.79 Å². The highest BCUT2D eigenvalue weighted by atomic mass is 16.6. The molecule has 19 heavy (non-hydrogen) atoms. The summed E-state index contributed by atoms with van der Waals surface area (Å²) in [6, 6.07) is 6.86. The Morgan fingerprint density at radius 1 is 1.21 bits per heavy atom. The van der Waals surface area contributed by atoms with Crippen molar-refractivity contribution in [3.8, 4) is 5.75 Å². The molecule has 0 spiro atoms. The molecule has 0 aliphatic heterocycles. The van der Waals surface area contributed by atoms with E-state index in [-0.39, 0.29) is 11.9 Å². The molecule has 2 atom stereocenters. The van der Waals surface area contributed by atoms with Crippen LogP contribution in [0.15, 0.2) is 24.3 Å². The predicted octanol–water partition coefficient (Wildman–Crippen LogP) is 3.00. The second kappa shape index (κ2) is 6.92. The van der Waals surface area contributed by atoms with E-state index >= 15 is 0 Å². The summed E-state index contributed by atoms with van der Waals surface area (Å²) in [4.78, 5) is 23.2. The van der Waals surface area contributed by atoms with Crippen LogP contribution in [0.5, 0.6) is 5.75 Å². The topological polar surface area (TPSA) is 52.6 Å². The van der Waals surface area contributed by atoms with Gasteiger partial charge in [0.1, 0.15) is 5.75 Å². The molecule has 0 fully saturated rings. The Hall–Kier alpha value is -1.84. The maximum Gasteiger partial charge on any atom is 0.347 e. The van der Waals surface area contributed by atoms with Crippen LogP contribution in [0, 0.1) is 0 Å². The molecule has 4 nitrogen and oxygen atoms in total. The highest BCUT2D eigenvalue weighted by Gasteiger charge is 2.20. The highest BCUT2D eigenvalue weighted by molar-refractivity contribution is 5.96. The van der Waals surface area contributed by atoms with Gasteiger partial charge in [0.2, 0.25) is 0 Å². The Bertz CT molecular complexity index is 453. The smallest absolute Gasteiger partial charge is 0.347 e. The van der Waals surface area contributed by atoms with Crippen molar-refractivity contribution in [2.24, 2.45) is 0 Å². The summed E-state index contributed by atoms with van der Waals surface area (Å²) in [5, 5.41) is 0. The lowest BCUT2D eigenvalue weighted by atomic mass is 10.1. The van der Waals surface area contributed by atoms with Gasteiger partial charge in [0, 0.05) is 0 Å². The summed E-state index contributed by atoms with van der Waals surface area (Å²) < 4.78 is 10.7. The van der Waals surface area contributed by atoms with Gasteiger partial charge < -0.3 is 9.47 Å². The number of para-hydroxylation sites is 1. The predicted molar refractivity (Wildman–Crippen MR) is 72.4 cm³/mol. The summed E-state index contributed by atoms with van der Waals surface area (Å²) >= 11 is 0. The first-order valence-corrected chi connectivity index (χ1v) is 6.42. The van der Waals surface area contributed by atoms with Crippen molar-refractivity contribution in [3.05, 3.63) is 29.8 Å². The Balaban J connectivity index is 2.74. The molecular formula is C15H20O4. The van der Waals surface area contributed by atoms with Crippen molar-refractivity contribution in [1.29, 1.82) is 0 Å². The van der Waals surface area contributed by atoms with Crippen molar-refractivity contribution < 1.29 is 19.1 Å². The summed E-state index contributed by atoms with van der Waals surface area (Å²) in [6.45, 7) is 6.84. The standard InChI is InChI=1S/C15H20O4/c1-5-10(2)18-15(17)12(4)19-14-9-7-6-8-13(14)11(3)16/h6-10,12H,5H2,1-4H3. The fourth-order valence-electron chi connectivity index (χ4n) is 1.48. The first-order chi connectivity index (χ1) is 8.95. The Morgan fingerprint density at radius 3 is 2.42 bits per heavy atom. The zero-order valence-corrected chi connectivity index (χ0v) is 11.8. The van der Waals surface area contributed by atoms with E-state index in [1.165, 1.54) is 6.92 Å². The van der Waals surface area contributed by atoms with Gasteiger partial charge in [0.15, 0.2) is 11.9 Å². The van der Waals surface area contributed by atoms with Crippen molar-refractivity contribution in [1.82, 2.24) is 0 Å². The van der Waals surface area contributed by atoms with Gasteiger partial charge in [-0.15, -0.1) is 0 Å². The van der Waals surface area contributed by atoms with Crippen molar-refractivity contribution in [3.63, 3.8) is 0 Å². The third kappa shape index (κ3) is 4.39. The molecule has 4 heteroatoms. The lowest BCUT2D eigenvalue weighted by Crippen LogP contribution is -2.29. The molecule has 104 valence electrons. The number of benzene rings is 1. The zero-order valence-electron chi connectivity index (χ0n) is 11.8. The normalized spacial score (nSPS) is 13.5. The quantitative estimate of drug-likeness (QED) is 0.585. The van der Waals surface area contributed by atoms with E-state index < -0.39 is 12.1 Å². The van der Waals surface area contributed by atoms with Gasteiger partial charge in [0.05, 0.1) is 11.7 Å². The molecular weight excluding hydrogens is 244 g/mol. The fourth-order valence-corrected chi connectivity index (χ4v) is 1.48. The molecule has 0 saturated heterocycles. The molecule has 0 aromatic heterocycles. The third-order valence-corrected chi connectivity index (χ3v) is 2.79. The first-order valence-electron chi connectivity index (χ1n) is 6.42. The number of esters is 1. The monoisotopic (exact) mass is 264 g/mol. The van der Waals surface area contributed by atoms with E-state index in [1.54, 1.807) is 31.2 Å². The SMILES string of the molecule is CCC(C)OC(=O)C(C)Oc1ccccc1C(C)=O. The number of carbonyl (C=O) groups is 2. The molecule has 0 heterocycles. The number of ether oxygens (including phenoxy) is 2. The molecule has 0 radical (unpaired) electrons. The number of carbonyl (C=O) groups excluding carboxylic acids is 2. The average Bonchev–Trinajstić information content (AvgIpc) is 2.38. The van der Waals surface area contributed by atoms with Gasteiger partial charge >= 0.3 is 5.97 Å². The van der Waals surface area contributed by atoms with Gasteiger partial charge in [-0.05, 0) is 39.3 Å². The van der Waals surface area contributed by atoms with E-state index in [4.69, 9.17) is 9.47 Å². The second-order valence-electron chi connectivity index (χ2n) is 4.47. The van der Waals surface area contributed by atoms with Crippen molar-refractivity contribution in [2.75, 3.05) is 0 Å². The zero-order chi connectivity index (χ0) is 14.4. The third-order valence-electron chi connectivity index (χ3n) is 2.79. The molecule has 1 aromatic carbocycles. The summed E-state index contributed by atoms with van der Waals surface area (Å²) in [7, 11) is 0. The van der Waals surface area contributed by atoms with Crippen LogP contribution in [-0.4, -0.2) is 24.0 Å². The summed E-state index contributed by atoms with van der Waals surface area (Å²) in [5.41, 5.74) is 0.464. The van der Waals surface area contributed by atoms with Crippen molar-refractivity contribution >= 4 is 11.8 Å². The molecule has 1 rings (SSSR count). The van der Waals surface area contributed by atoms with Gasteiger partial charge in [-0.2, -0.15) is 0 Å². The van der Waals surface area contributed by atoms with Crippen LogP contribution in [0.3, 0.4) is 0 Å². The summed E-state index contributed by atoms with van der Waals surface area (Å²) in [5.74, 6) is -0.116. The van der Waals surface area contributed by atoms with E-state index in [2.05, 4.69) is 0 Å². The Morgan fingerprint density at radius 2 is 1.84 bits per heavy atom. The van der Waals surface area contributed by atoms with Gasteiger partial charge in [0.25, 0.3) is 0 Å². The molecule has 0 aliphatic rings. The molecule has 0 N–H and O–H groups in total. The Labute approximate surface area is 113 Å². The maximum absolute atomic E-state index is 11.8. The number of Topliss-reactive ketones (excluding diaryl/α,β-unsaturated/α-hetero) is 1. The van der Waals surface area contributed by atoms with Crippen LogP contribution in [0.4, 0.5) is 0 Å².